The molecule has 1 aliphatic rings. The van der Waals surface area contributed by atoms with Crippen molar-refractivity contribution < 1.29 is 4.79 Å². The maximum absolute atomic E-state index is 12.5. The van der Waals surface area contributed by atoms with Crippen LogP contribution in [0.15, 0.2) is 42.5 Å². The highest BCUT2D eigenvalue weighted by atomic mass is 16.1. The van der Waals surface area contributed by atoms with E-state index in [4.69, 9.17) is 0 Å². The van der Waals surface area contributed by atoms with Crippen LogP contribution in [0.5, 0.6) is 0 Å². The number of hydrogen-bond acceptors (Lipinski definition) is 4. The number of nitrogens with zero attached hydrogens (tertiary/aromatic N) is 3. The number of rotatable bonds is 3. The van der Waals surface area contributed by atoms with Gasteiger partial charge in [-0.2, -0.15) is 0 Å². The van der Waals surface area contributed by atoms with E-state index in [1.54, 1.807) is 4.68 Å². The van der Waals surface area contributed by atoms with Crippen LogP contribution in [-0.2, 0) is 13.0 Å². The second kappa shape index (κ2) is 4.94. The van der Waals surface area contributed by atoms with Crippen molar-refractivity contribution in [1.82, 2.24) is 15.0 Å². The van der Waals surface area contributed by atoms with E-state index in [0.717, 1.165) is 28.7 Å². The zero-order valence-corrected chi connectivity index (χ0v) is 12.3. The van der Waals surface area contributed by atoms with E-state index in [0.29, 0.717) is 6.04 Å². The molecule has 22 heavy (non-hydrogen) atoms. The lowest BCUT2D eigenvalue weighted by Crippen LogP contribution is -2.12. The van der Waals surface area contributed by atoms with Gasteiger partial charge in [0.05, 0.1) is 5.52 Å². The fourth-order valence-corrected chi connectivity index (χ4v) is 2.98. The van der Waals surface area contributed by atoms with Crippen molar-refractivity contribution in [2.75, 3.05) is 5.32 Å². The van der Waals surface area contributed by atoms with Crippen LogP contribution in [0.25, 0.3) is 11.0 Å². The van der Waals surface area contributed by atoms with Gasteiger partial charge in [0, 0.05) is 17.3 Å². The van der Waals surface area contributed by atoms with Crippen LogP contribution in [0, 0.1) is 0 Å². The molecule has 5 heteroatoms. The molecule has 110 valence electrons. The first kappa shape index (κ1) is 13.0. The van der Waals surface area contributed by atoms with Gasteiger partial charge in [-0.15, -0.1) is 5.10 Å². The highest BCUT2D eigenvalue weighted by Crippen LogP contribution is 2.26. The Labute approximate surface area is 127 Å². The number of benzene rings is 2. The number of Topliss-reactive ketones (excluding diaryl/α,β-unsaturated/α-hetero) is 1. The number of anilines is 1. The van der Waals surface area contributed by atoms with Gasteiger partial charge in [0.15, 0.2) is 5.78 Å². The third-order valence-corrected chi connectivity index (χ3v) is 4.07. The second-order valence-electron chi connectivity index (χ2n) is 5.78. The number of aromatic nitrogens is 3. The van der Waals surface area contributed by atoms with Crippen LogP contribution in [0.3, 0.4) is 0 Å². The molecular weight excluding hydrogens is 276 g/mol. The highest BCUT2D eigenvalue weighted by molar-refractivity contribution is 5.97. The fraction of sp³-hybridized carbons (Fsp3) is 0.235. The van der Waals surface area contributed by atoms with Gasteiger partial charge < -0.3 is 5.32 Å². The number of fused-ring (bicyclic) bond motifs is 2. The first-order valence-corrected chi connectivity index (χ1v) is 7.41. The number of carbonyl (C=O) groups is 1. The maximum Gasteiger partial charge on any atom is 0.184 e. The quantitative estimate of drug-likeness (QED) is 0.754. The van der Waals surface area contributed by atoms with E-state index in [1.165, 1.54) is 5.56 Å². The summed E-state index contributed by atoms with van der Waals surface area (Å²) in [5, 5.41) is 11.6. The second-order valence-corrected chi connectivity index (χ2v) is 5.78. The van der Waals surface area contributed by atoms with Gasteiger partial charge in [-0.05, 0) is 49.2 Å². The van der Waals surface area contributed by atoms with Crippen molar-refractivity contribution in [3.05, 3.63) is 53.6 Å². The minimum atomic E-state index is 0.0537. The van der Waals surface area contributed by atoms with Crippen LogP contribution in [0.4, 0.5) is 5.69 Å². The SMILES string of the molecule is CC1Cc2cc(C(=O)Cn3nnc4ccccc43)ccc2N1. The molecule has 0 radical (unpaired) electrons. The molecule has 0 fully saturated rings. The van der Waals surface area contributed by atoms with Gasteiger partial charge >= 0.3 is 0 Å². The standard InChI is InChI=1S/C17H16N4O/c1-11-8-13-9-12(6-7-14(13)18-11)17(22)10-21-16-5-3-2-4-15(16)19-20-21/h2-7,9,11,18H,8,10H2,1H3. The Kier molecular flexibility index (Phi) is 2.92. The van der Waals surface area contributed by atoms with Gasteiger partial charge in [0.25, 0.3) is 0 Å². The monoisotopic (exact) mass is 292 g/mol. The van der Waals surface area contributed by atoms with Gasteiger partial charge in [0.1, 0.15) is 12.1 Å². The van der Waals surface area contributed by atoms with E-state index < -0.39 is 0 Å². The van der Waals surface area contributed by atoms with E-state index in [-0.39, 0.29) is 12.3 Å². The van der Waals surface area contributed by atoms with Crippen LogP contribution >= 0.6 is 0 Å². The van der Waals surface area contributed by atoms with Gasteiger partial charge in [-0.3, -0.25) is 4.79 Å². The number of carbonyl (C=O) groups excluding carboxylic acids is 1. The topological polar surface area (TPSA) is 59.8 Å². The molecule has 1 atom stereocenters. The average Bonchev–Trinajstić information content (AvgIpc) is 3.09. The first-order chi connectivity index (χ1) is 10.7. The van der Waals surface area contributed by atoms with Crippen LogP contribution in [0.2, 0.25) is 0 Å². The van der Waals surface area contributed by atoms with Crippen molar-refractivity contribution in [3.8, 4) is 0 Å². The minimum Gasteiger partial charge on any atom is -0.382 e. The zero-order valence-electron chi connectivity index (χ0n) is 12.3. The molecule has 0 aliphatic carbocycles. The smallest absolute Gasteiger partial charge is 0.184 e. The molecule has 0 saturated heterocycles. The Bertz CT molecular complexity index is 868. The van der Waals surface area contributed by atoms with E-state index in [1.807, 2.05) is 42.5 Å². The van der Waals surface area contributed by atoms with E-state index in [9.17, 15) is 4.79 Å². The maximum atomic E-state index is 12.5. The summed E-state index contributed by atoms with van der Waals surface area (Å²) in [5.74, 6) is 0.0537. The third-order valence-electron chi connectivity index (χ3n) is 4.07. The summed E-state index contributed by atoms with van der Waals surface area (Å²) in [6.45, 7) is 2.35. The fourth-order valence-electron chi connectivity index (χ4n) is 2.98. The van der Waals surface area contributed by atoms with Crippen LogP contribution < -0.4 is 5.32 Å². The Hall–Kier alpha value is -2.69. The lowest BCUT2D eigenvalue weighted by molar-refractivity contribution is 0.0968. The molecular formula is C17H16N4O. The summed E-state index contributed by atoms with van der Waals surface area (Å²) in [6.07, 6.45) is 0.961. The number of ketones is 1. The predicted molar refractivity (Wildman–Crippen MR) is 85.1 cm³/mol. The summed E-state index contributed by atoms with van der Waals surface area (Å²) in [4.78, 5) is 12.5. The molecule has 1 aromatic heterocycles. The van der Waals surface area contributed by atoms with Crippen molar-refractivity contribution in [1.29, 1.82) is 0 Å². The molecule has 2 aromatic carbocycles. The molecule has 4 rings (SSSR count). The summed E-state index contributed by atoms with van der Waals surface area (Å²) in [5.41, 5.74) is 4.76. The summed E-state index contributed by atoms with van der Waals surface area (Å²) in [6, 6.07) is 14.0. The predicted octanol–water partition coefficient (Wildman–Crippen LogP) is 2.67. The largest absolute Gasteiger partial charge is 0.382 e. The molecule has 3 aromatic rings. The summed E-state index contributed by atoms with van der Waals surface area (Å²) >= 11 is 0. The molecule has 2 heterocycles. The molecule has 1 unspecified atom stereocenters. The Balaban J connectivity index is 1.61. The molecule has 0 spiro atoms. The molecule has 0 amide bonds. The zero-order chi connectivity index (χ0) is 15.1. The first-order valence-electron chi connectivity index (χ1n) is 7.41. The van der Waals surface area contributed by atoms with E-state index in [2.05, 4.69) is 22.6 Å². The van der Waals surface area contributed by atoms with Crippen molar-refractivity contribution in [3.63, 3.8) is 0 Å². The van der Waals surface area contributed by atoms with Gasteiger partial charge in [0.2, 0.25) is 0 Å². The number of nitrogens with one attached hydrogen (secondary N) is 1. The van der Waals surface area contributed by atoms with Crippen molar-refractivity contribution in [2.24, 2.45) is 0 Å². The van der Waals surface area contributed by atoms with Crippen molar-refractivity contribution in [2.45, 2.75) is 25.9 Å². The normalized spacial score (nSPS) is 16.5. The summed E-state index contributed by atoms with van der Waals surface area (Å²) < 4.78 is 1.66. The number of hydrogen-bond donors (Lipinski definition) is 1. The molecule has 5 nitrogen and oxygen atoms in total. The lowest BCUT2D eigenvalue weighted by atomic mass is 10.0. The third kappa shape index (κ3) is 2.15. The highest BCUT2D eigenvalue weighted by Gasteiger charge is 2.19. The summed E-state index contributed by atoms with van der Waals surface area (Å²) in [7, 11) is 0. The number of para-hydroxylation sites is 1. The Morgan fingerprint density at radius 3 is 3.09 bits per heavy atom. The molecule has 1 N–H and O–H groups in total. The van der Waals surface area contributed by atoms with Gasteiger partial charge in [-0.1, -0.05) is 17.3 Å². The van der Waals surface area contributed by atoms with Crippen molar-refractivity contribution >= 4 is 22.5 Å². The van der Waals surface area contributed by atoms with Crippen LogP contribution in [0.1, 0.15) is 22.8 Å². The Morgan fingerprint density at radius 2 is 2.18 bits per heavy atom. The lowest BCUT2D eigenvalue weighted by Gasteiger charge is -2.05. The molecule has 0 bridgehead atoms. The average molecular weight is 292 g/mol. The Morgan fingerprint density at radius 1 is 1.32 bits per heavy atom. The van der Waals surface area contributed by atoms with Crippen LogP contribution in [-0.4, -0.2) is 26.8 Å². The minimum absolute atomic E-state index is 0.0537. The molecule has 0 saturated carbocycles. The van der Waals surface area contributed by atoms with E-state index >= 15 is 0 Å². The molecule has 1 aliphatic heterocycles. The van der Waals surface area contributed by atoms with Gasteiger partial charge in [-0.25, -0.2) is 4.68 Å².